The number of carbonyl (C=O) groups is 2. The number of alkyl halides is 3. The molecule has 0 aliphatic heterocycles. The van der Waals surface area contributed by atoms with Crippen molar-refractivity contribution in [3.05, 3.63) is 34.9 Å². The highest BCUT2D eigenvalue weighted by Gasteiger charge is 2.44. The summed E-state index contributed by atoms with van der Waals surface area (Å²) in [6, 6.07) is 3.78. The first-order chi connectivity index (χ1) is 11.6. The van der Waals surface area contributed by atoms with Crippen LogP contribution < -0.4 is 5.32 Å². The number of amides is 1. The predicted molar refractivity (Wildman–Crippen MR) is 85.9 cm³/mol. The molecule has 0 radical (unpaired) electrons. The Morgan fingerprint density at radius 1 is 1.20 bits per heavy atom. The number of carboxylic acid groups (broad SMARTS) is 1. The molecule has 1 amide bonds. The van der Waals surface area contributed by atoms with E-state index in [-0.39, 0.29) is 12.8 Å². The zero-order chi connectivity index (χ0) is 18.8. The van der Waals surface area contributed by atoms with Crippen molar-refractivity contribution in [3.63, 3.8) is 0 Å². The average molecular weight is 357 g/mol. The Balaban J connectivity index is 2.12. The minimum atomic E-state index is -4.32. The fourth-order valence-corrected chi connectivity index (χ4v) is 3.22. The Hall–Kier alpha value is -2.05. The molecule has 0 bridgehead atoms. The smallest absolute Gasteiger partial charge is 0.391 e. The topological polar surface area (TPSA) is 66.4 Å². The van der Waals surface area contributed by atoms with Crippen LogP contribution in [0, 0.1) is 25.7 Å². The Morgan fingerprint density at radius 3 is 2.44 bits per heavy atom. The number of rotatable bonds is 4. The number of halogens is 3. The number of aryl methyl sites for hydroxylation is 2. The number of carbonyl (C=O) groups excluding carboxylic acids is 1. The van der Waals surface area contributed by atoms with E-state index in [1.807, 2.05) is 13.8 Å². The molecule has 1 saturated carbocycles. The summed E-state index contributed by atoms with van der Waals surface area (Å²) >= 11 is 0. The van der Waals surface area contributed by atoms with Crippen molar-refractivity contribution >= 4 is 11.9 Å². The number of hydrogen-bond donors (Lipinski definition) is 2. The van der Waals surface area contributed by atoms with Gasteiger partial charge in [-0.3, -0.25) is 4.79 Å². The van der Waals surface area contributed by atoms with Crippen LogP contribution >= 0.6 is 0 Å². The normalized spacial score (nSPS) is 22.3. The molecule has 1 aromatic rings. The molecule has 1 aliphatic rings. The third-order valence-electron chi connectivity index (χ3n) is 4.91. The third kappa shape index (κ3) is 4.74. The van der Waals surface area contributed by atoms with Gasteiger partial charge >= 0.3 is 12.1 Å². The quantitative estimate of drug-likeness (QED) is 0.858. The second-order valence-electron chi connectivity index (χ2n) is 6.73. The lowest BCUT2D eigenvalue weighted by atomic mass is 9.80. The predicted octanol–water partition coefficient (Wildman–Crippen LogP) is 3.91. The van der Waals surface area contributed by atoms with Crippen LogP contribution in [0.3, 0.4) is 0 Å². The van der Waals surface area contributed by atoms with E-state index < -0.39 is 35.9 Å². The van der Waals surface area contributed by atoms with Crippen molar-refractivity contribution < 1.29 is 27.9 Å². The molecule has 1 aliphatic carbocycles. The zero-order valence-electron chi connectivity index (χ0n) is 14.2. The molecule has 0 heterocycles. The number of nitrogens with one attached hydrogen (secondary N) is 1. The summed E-state index contributed by atoms with van der Waals surface area (Å²) in [5, 5.41) is 11.8. The maximum Gasteiger partial charge on any atom is 0.391 e. The van der Waals surface area contributed by atoms with E-state index in [4.69, 9.17) is 0 Å². The highest BCUT2D eigenvalue weighted by molar-refractivity contribution is 5.86. The van der Waals surface area contributed by atoms with Crippen LogP contribution in [0.4, 0.5) is 13.2 Å². The van der Waals surface area contributed by atoms with E-state index in [0.717, 1.165) is 11.1 Å². The first-order valence-electron chi connectivity index (χ1n) is 8.26. The van der Waals surface area contributed by atoms with Gasteiger partial charge in [0.25, 0.3) is 0 Å². The molecule has 138 valence electrons. The number of aliphatic carboxylic acids is 1. The van der Waals surface area contributed by atoms with E-state index in [0.29, 0.717) is 18.4 Å². The van der Waals surface area contributed by atoms with Crippen LogP contribution in [0.1, 0.15) is 48.4 Å². The molecule has 0 spiro atoms. The molecule has 2 N–H and O–H groups in total. The van der Waals surface area contributed by atoms with Crippen LogP contribution in [-0.4, -0.2) is 23.2 Å². The SMILES string of the molecule is Cc1ccc(C(NC(=O)C2CCCC(C(F)(F)F)C2)C(=O)O)cc1C. The van der Waals surface area contributed by atoms with E-state index in [1.54, 1.807) is 18.2 Å². The maximum atomic E-state index is 12.9. The summed E-state index contributed by atoms with van der Waals surface area (Å²) in [5.41, 5.74) is 2.28. The summed E-state index contributed by atoms with van der Waals surface area (Å²) in [4.78, 5) is 23.9. The van der Waals surface area contributed by atoms with E-state index in [2.05, 4.69) is 5.32 Å². The van der Waals surface area contributed by atoms with Gasteiger partial charge in [0.15, 0.2) is 6.04 Å². The van der Waals surface area contributed by atoms with Crippen molar-refractivity contribution in [2.24, 2.45) is 11.8 Å². The van der Waals surface area contributed by atoms with E-state index in [1.165, 1.54) is 0 Å². The van der Waals surface area contributed by atoms with Gasteiger partial charge in [-0.2, -0.15) is 13.2 Å². The molecular weight excluding hydrogens is 335 g/mol. The highest BCUT2D eigenvalue weighted by atomic mass is 19.4. The lowest BCUT2D eigenvalue weighted by molar-refractivity contribution is -0.186. The van der Waals surface area contributed by atoms with Crippen LogP contribution in [0.2, 0.25) is 0 Å². The molecule has 0 aromatic heterocycles. The number of hydrogen-bond acceptors (Lipinski definition) is 2. The van der Waals surface area contributed by atoms with E-state index >= 15 is 0 Å². The Bertz CT molecular complexity index is 657. The number of carboxylic acids is 1. The molecule has 3 atom stereocenters. The summed E-state index contributed by atoms with van der Waals surface area (Å²) < 4.78 is 38.7. The molecule has 25 heavy (non-hydrogen) atoms. The maximum absolute atomic E-state index is 12.9. The zero-order valence-corrected chi connectivity index (χ0v) is 14.2. The lowest BCUT2D eigenvalue weighted by Gasteiger charge is -2.30. The van der Waals surface area contributed by atoms with Gasteiger partial charge < -0.3 is 10.4 Å². The summed E-state index contributed by atoms with van der Waals surface area (Å²) in [6.45, 7) is 3.71. The minimum Gasteiger partial charge on any atom is -0.479 e. The summed E-state index contributed by atoms with van der Waals surface area (Å²) in [7, 11) is 0. The summed E-state index contributed by atoms with van der Waals surface area (Å²) in [6.07, 6.45) is -3.93. The van der Waals surface area contributed by atoms with Crippen LogP contribution in [0.5, 0.6) is 0 Å². The van der Waals surface area contributed by atoms with Crippen molar-refractivity contribution in [1.82, 2.24) is 5.32 Å². The minimum absolute atomic E-state index is 0.0206. The first-order valence-corrected chi connectivity index (χ1v) is 8.26. The fourth-order valence-electron chi connectivity index (χ4n) is 3.22. The molecule has 4 nitrogen and oxygen atoms in total. The number of benzene rings is 1. The fraction of sp³-hybridized carbons (Fsp3) is 0.556. The second-order valence-corrected chi connectivity index (χ2v) is 6.73. The van der Waals surface area contributed by atoms with Crippen LogP contribution in [-0.2, 0) is 9.59 Å². The highest BCUT2D eigenvalue weighted by Crippen LogP contribution is 2.40. The van der Waals surface area contributed by atoms with Crippen molar-refractivity contribution in [2.45, 2.75) is 51.7 Å². The van der Waals surface area contributed by atoms with Gasteiger partial charge in [-0.1, -0.05) is 24.6 Å². The van der Waals surface area contributed by atoms with Crippen molar-refractivity contribution in [2.75, 3.05) is 0 Å². The van der Waals surface area contributed by atoms with Crippen LogP contribution in [0.15, 0.2) is 18.2 Å². The Labute approximate surface area is 144 Å². The van der Waals surface area contributed by atoms with Gasteiger partial charge in [-0.25, -0.2) is 4.79 Å². The van der Waals surface area contributed by atoms with E-state index in [9.17, 15) is 27.9 Å². The van der Waals surface area contributed by atoms with Gasteiger partial charge in [0.1, 0.15) is 0 Å². The molecule has 1 aromatic carbocycles. The standard InChI is InChI=1S/C18H22F3NO3/c1-10-6-7-12(8-11(10)2)15(17(24)25)22-16(23)13-4-3-5-14(9-13)18(19,20)21/h6-8,13-15H,3-5,9H2,1-2H3,(H,22,23)(H,24,25). The first kappa shape index (κ1) is 19.3. The van der Waals surface area contributed by atoms with Crippen molar-refractivity contribution in [3.8, 4) is 0 Å². The van der Waals surface area contributed by atoms with Gasteiger partial charge in [-0.15, -0.1) is 0 Å². The third-order valence-corrected chi connectivity index (χ3v) is 4.91. The Kier molecular flexibility index (Phi) is 5.75. The van der Waals surface area contributed by atoms with Gasteiger partial charge in [0.05, 0.1) is 5.92 Å². The monoisotopic (exact) mass is 357 g/mol. The second kappa shape index (κ2) is 7.45. The van der Waals surface area contributed by atoms with Gasteiger partial charge in [0, 0.05) is 5.92 Å². The van der Waals surface area contributed by atoms with Gasteiger partial charge in [-0.05, 0) is 49.8 Å². The molecule has 2 rings (SSSR count). The largest absolute Gasteiger partial charge is 0.479 e. The molecule has 1 fully saturated rings. The van der Waals surface area contributed by atoms with Crippen LogP contribution in [0.25, 0.3) is 0 Å². The average Bonchev–Trinajstić information content (AvgIpc) is 2.54. The molecule has 3 unspecified atom stereocenters. The molecule has 7 heteroatoms. The molecular formula is C18H22F3NO3. The Morgan fingerprint density at radius 2 is 1.88 bits per heavy atom. The van der Waals surface area contributed by atoms with Gasteiger partial charge in [0.2, 0.25) is 5.91 Å². The summed E-state index contributed by atoms with van der Waals surface area (Å²) in [5.74, 6) is -4.17. The van der Waals surface area contributed by atoms with Crippen molar-refractivity contribution in [1.29, 1.82) is 0 Å². The lowest BCUT2D eigenvalue weighted by Crippen LogP contribution is -2.41. The molecule has 0 saturated heterocycles.